The quantitative estimate of drug-likeness (QED) is 0.775. The SMILES string of the molecule is OCC1CC(Nc2nc(-c3ccccn3)nc3sccc23)C1. The van der Waals surface area contributed by atoms with Crippen molar-refractivity contribution in [3.05, 3.63) is 35.8 Å². The summed E-state index contributed by atoms with van der Waals surface area (Å²) in [6.07, 6.45) is 3.73. The first-order chi connectivity index (χ1) is 10.8. The molecule has 22 heavy (non-hydrogen) atoms. The minimum Gasteiger partial charge on any atom is -0.396 e. The van der Waals surface area contributed by atoms with Gasteiger partial charge in [-0.25, -0.2) is 9.97 Å². The maximum atomic E-state index is 9.14. The molecule has 1 aliphatic carbocycles. The Morgan fingerprint density at radius 3 is 2.91 bits per heavy atom. The monoisotopic (exact) mass is 312 g/mol. The van der Waals surface area contributed by atoms with Crippen LogP contribution < -0.4 is 5.32 Å². The van der Waals surface area contributed by atoms with E-state index < -0.39 is 0 Å². The van der Waals surface area contributed by atoms with Crippen LogP contribution in [0.25, 0.3) is 21.7 Å². The van der Waals surface area contributed by atoms with E-state index in [1.165, 1.54) is 0 Å². The minimum absolute atomic E-state index is 0.273. The van der Waals surface area contributed by atoms with Gasteiger partial charge in [0.1, 0.15) is 16.3 Å². The summed E-state index contributed by atoms with van der Waals surface area (Å²) in [5.41, 5.74) is 0.780. The van der Waals surface area contributed by atoms with Crippen molar-refractivity contribution in [2.75, 3.05) is 11.9 Å². The van der Waals surface area contributed by atoms with Gasteiger partial charge in [-0.3, -0.25) is 4.98 Å². The molecular weight excluding hydrogens is 296 g/mol. The Bertz CT molecular complexity index is 783. The van der Waals surface area contributed by atoms with Crippen LogP contribution in [-0.2, 0) is 0 Å². The number of thiophene rings is 1. The molecule has 0 aliphatic heterocycles. The standard InChI is InChI=1S/C16H16N4OS/c21-9-10-7-11(8-10)18-14-12-4-6-22-16(12)20-15(19-14)13-3-1-2-5-17-13/h1-6,10-11,21H,7-9H2,(H,18,19,20). The van der Waals surface area contributed by atoms with Crippen molar-refractivity contribution in [3.63, 3.8) is 0 Å². The Morgan fingerprint density at radius 1 is 1.23 bits per heavy atom. The van der Waals surface area contributed by atoms with E-state index in [9.17, 15) is 0 Å². The molecule has 1 saturated carbocycles. The van der Waals surface area contributed by atoms with Crippen LogP contribution in [0.4, 0.5) is 5.82 Å². The first kappa shape index (κ1) is 13.6. The largest absolute Gasteiger partial charge is 0.396 e. The van der Waals surface area contributed by atoms with Gasteiger partial charge in [0.2, 0.25) is 0 Å². The van der Waals surface area contributed by atoms with Crippen molar-refractivity contribution < 1.29 is 5.11 Å². The van der Waals surface area contributed by atoms with Gasteiger partial charge in [0.25, 0.3) is 0 Å². The first-order valence-corrected chi connectivity index (χ1v) is 8.25. The highest BCUT2D eigenvalue weighted by Crippen LogP contribution is 2.33. The second-order valence-electron chi connectivity index (χ2n) is 5.61. The van der Waals surface area contributed by atoms with E-state index in [2.05, 4.69) is 20.3 Å². The Labute approximate surface area is 132 Å². The fraction of sp³-hybridized carbons (Fsp3) is 0.312. The third-order valence-electron chi connectivity index (χ3n) is 4.05. The molecule has 0 atom stereocenters. The summed E-state index contributed by atoms with van der Waals surface area (Å²) in [7, 11) is 0. The van der Waals surface area contributed by atoms with Crippen molar-refractivity contribution in [2.45, 2.75) is 18.9 Å². The Kier molecular flexibility index (Phi) is 3.48. The molecule has 0 bridgehead atoms. The van der Waals surface area contributed by atoms with Gasteiger partial charge in [-0.2, -0.15) is 0 Å². The summed E-state index contributed by atoms with van der Waals surface area (Å²) in [6, 6.07) is 8.17. The van der Waals surface area contributed by atoms with Crippen molar-refractivity contribution >= 4 is 27.4 Å². The topological polar surface area (TPSA) is 70.9 Å². The van der Waals surface area contributed by atoms with E-state index in [0.29, 0.717) is 17.8 Å². The fourth-order valence-corrected chi connectivity index (χ4v) is 3.53. The predicted octanol–water partition coefficient (Wildman–Crippen LogP) is 2.94. The summed E-state index contributed by atoms with van der Waals surface area (Å²) >= 11 is 1.61. The van der Waals surface area contributed by atoms with Gasteiger partial charge in [0.15, 0.2) is 5.82 Å². The second kappa shape index (κ2) is 5.62. The molecule has 112 valence electrons. The summed E-state index contributed by atoms with van der Waals surface area (Å²) in [4.78, 5) is 14.6. The zero-order valence-electron chi connectivity index (χ0n) is 11.9. The number of aromatic nitrogens is 3. The molecular formula is C16H16N4OS. The molecule has 4 rings (SSSR count). The fourth-order valence-electron chi connectivity index (χ4n) is 2.77. The zero-order valence-corrected chi connectivity index (χ0v) is 12.8. The number of aliphatic hydroxyl groups is 1. The number of pyridine rings is 1. The maximum Gasteiger partial charge on any atom is 0.181 e. The number of hydrogen-bond donors (Lipinski definition) is 2. The highest BCUT2D eigenvalue weighted by atomic mass is 32.1. The molecule has 0 saturated heterocycles. The molecule has 3 aromatic rings. The zero-order chi connectivity index (χ0) is 14.9. The lowest BCUT2D eigenvalue weighted by molar-refractivity contribution is 0.151. The number of anilines is 1. The molecule has 6 heteroatoms. The summed E-state index contributed by atoms with van der Waals surface area (Å²) in [5, 5.41) is 15.7. The highest BCUT2D eigenvalue weighted by molar-refractivity contribution is 7.16. The molecule has 1 fully saturated rings. The van der Waals surface area contributed by atoms with Crippen molar-refractivity contribution in [1.82, 2.24) is 15.0 Å². The molecule has 3 heterocycles. The van der Waals surface area contributed by atoms with Crippen LogP contribution >= 0.6 is 11.3 Å². The third kappa shape index (κ3) is 2.44. The minimum atomic E-state index is 0.273. The van der Waals surface area contributed by atoms with Gasteiger partial charge in [-0.15, -0.1) is 11.3 Å². The lowest BCUT2D eigenvalue weighted by Gasteiger charge is -2.35. The Morgan fingerprint density at radius 2 is 2.14 bits per heavy atom. The van der Waals surface area contributed by atoms with Crippen molar-refractivity contribution in [3.8, 4) is 11.5 Å². The van der Waals surface area contributed by atoms with Crippen LogP contribution in [0.5, 0.6) is 0 Å². The highest BCUT2D eigenvalue weighted by Gasteiger charge is 2.29. The Balaban J connectivity index is 1.69. The molecule has 0 spiro atoms. The van der Waals surface area contributed by atoms with Crippen LogP contribution in [0.1, 0.15) is 12.8 Å². The van der Waals surface area contributed by atoms with Crippen LogP contribution in [-0.4, -0.2) is 32.7 Å². The summed E-state index contributed by atoms with van der Waals surface area (Å²) in [6.45, 7) is 0.273. The van der Waals surface area contributed by atoms with Gasteiger partial charge in [0.05, 0.1) is 5.39 Å². The number of nitrogens with one attached hydrogen (secondary N) is 1. The predicted molar refractivity (Wildman–Crippen MR) is 87.9 cm³/mol. The number of rotatable bonds is 4. The molecule has 1 aliphatic rings. The van der Waals surface area contributed by atoms with E-state index in [4.69, 9.17) is 5.11 Å². The van der Waals surface area contributed by atoms with Gasteiger partial charge >= 0.3 is 0 Å². The van der Waals surface area contributed by atoms with E-state index in [0.717, 1.165) is 34.6 Å². The average molecular weight is 312 g/mol. The molecule has 5 nitrogen and oxygen atoms in total. The normalized spacial score (nSPS) is 20.8. The van der Waals surface area contributed by atoms with Crippen molar-refractivity contribution in [2.24, 2.45) is 5.92 Å². The lowest BCUT2D eigenvalue weighted by Crippen LogP contribution is -2.37. The smallest absolute Gasteiger partial charge is 0.181 e. The molecule has 2 N–H and O–H groups in total. The third-order valence-corrected chi connectivity index (χ3v) is 4.86. The van der Waals surface area contributed by atoms with E-state index in [1.54, 1.807) is 17.5 Å². The molecule has 0 amide bonds. The van der Waals surface area contributed by atoms with Crippen LogP contribution in [0, 0.1) is 5.92 Å². The van der Waals surface area contributed by atoms with Gasteiger partial charge in [0, 0.05) is 18.8 Å². The van der Waals surface area contributed by atoms with Crippen molar-refractivity contribution in [1.29, 1.82) is 0 Å². The number of nitrogens with zero attached hydrogens (tertiary/aromatic N) is 3. The summed E-state index contributed by atoms with van der Waals surface area (Å²) < 4.78 is 0. The van der Waals surface area contributed by atoms with E-state index in [1.807, 2.05) is 29.6 Å². The lowest BCUT2D eigenvalue weighted by atomic mass is 9.81. The van der Waals surface area contributed by atoms with E-state index >= 15 is 0 Å². The average Bonchev–Trinajstić information content (AvgIpc) is 2.99. The summed E-state index contributed by atoms with van der Waals surface area (Å²) in [5.74, 6) is 1.94. The van der Waals surface area contributed by atoms with Crippen LogP contribution in [0.2, 0.25) is 0 Å². The van der Waals surface area contributed by atoms with Gasteiger partial charge in [-0.1, -0.05) is 6.07 Å². The second-order valence-corrected chi connectivity index (χ2v) is 6.51. The molecule has 0 aromatic carbocycles. The molecule has 0 radical (unpaired) electrons. The molecule has 0 unspecified atom stereocenters. The van der Waals surface area contributed by atoms with E-state index in [-0.39, 0.29) is 6.61 Å². The number of fused-ring (bicyclic) bond motifs is 1. The molecule has 3 aromatic heterocycles. The van der Waals surface area contributed by atoms with Gasteiger partial charge in [-0.05, 0) is 42.3 Å². The number of aliphatic hydroxyl groups excluding tert-OH is 1. The van der Waals surface area contributed by atoms with Crippen LogP contribution in [0.3, 0.4) is 0 Å². The first-order valence-electron chi connectivity index (χ1n) is 7.37. The Hall–Kier alpha value is -2.05. The van der Waals surface area contributed by atoms with Gasteiger partial charge < -0.3 is 10.4 Å². The van der Waals surface area contributed by atoms with Crippen LogP contribution in [0.15, 0.2) is 35.8 Å². The maximum absolute atomic E-state index is 9.14. The number of hydrogen-bond acceptors (Lipinski definition) is 6.